The SMILES string of the molecule is NC(=O)C(=O)[C@@H]1CCCCCOc2cccc(c2)-c2ncccc2C(=O)N1. The van der Waals surface area contributed by atoms with Gasteiger partial charge in [0, 0.05) is 11.8 Å². The molecule has 2 aromatic rings. The molecule has 2 bridgehead atoms. The van der Waals surface area contributed by atoms with Crippen LogP contribution in [0.25, 0.3) is 11.3 Å². The highest BCUT2D eigenvalue weighted by molar-refractivity contribution is 6.38. The Balaban J connectivity index is 2.00. The van der Waals surface area contributed by atoms with Crippen molar-refractivity contribution in [1.82, 2.24) is 10.3 Å². The number of benzene rings is 1. The third-order valence-electron chi connectivity index (χ3n) is 4.43. The molecular weight excluding hydrogens is 346 g/mol. The Hall–Kier alpha value is -3.22. The zero-order chi connectivity index (χ0) is 19.2. The number of hydrogen-bond acceptors (Lipinski definition) is 5. The summed E-state index contributed by atoms with van der Waals surface area (Å²) in [6.07, 6.45) is 4.19. The second-order valence-electron chi connectivity index (χ2n) is 6.38. The summed E-state index contributed by atoms with van der Waals surface area (Å²) < 4.78 is 5.78. The van der Waals surface area contributed by atoms with Crippen molar-refractivity contribution in [3.05, 3.63) is 48.2 Å². The molecule has 3 rings (SSSR count). The highest BCUT2D eigenvalue weighted by Crippen LogP contribution is 2.26. The minimum atomic E-state index is -1.05. The van der Waals surface area contributed by atoms with Gasteiger partial charge < -0.3 is 15.8 Å². The summed E-state index contributed by atoms with van der Waals surface area (Å²) in [4.78, 5) is 40.6. The van der Waals surface area contributed by atoms with E-state index in [0.717, 1.165) is 18.4 Å². The van der Waals surface area contributed by atoms with Gasteiger partial charge in [0.05, 0.1) is 23.9 Å². The third-order valence-corrected chi connectivity index (χ3v) is 4.43. The van der Waals surface area contributed by atoms with Crippen LogP contribution in [0.15, 0.2) is 42.6 Å². The van der Waals surface area contributed by atoms with Gasteiger partial charge in [-0.05, 0) is 43.5 Å². The lowest BCUT2D eigenvalue weighted by atomic mass is 10.0. The number of carbonyl (C=O) groups is 3. The molecule has 0 aliphatic carbocycles. The topological polar surface area (TPSA) is 111 Å². The number of aromatic nitrogens is 1. The van der Waals surface area contributed by atoms with Gasteiger partial charge in [0.15, 0.2) is 0 Å². The molecule has 0 unspecified atom stereocenters. The Labute approximate surface area is 156 Å². The van der Waals surface area contributed by atoms with E-state index in [2.05, 4.69) is 10.3 Å². The molecule has 1 atom stereocenters. The fraction of sp³-hybridized carbons (Fsp3) is 0.300. The highest BCUT2D eigenvalue weighted by atomic mass is 16.5. The van der Waals surface area contributed by atoms with Crippen molar-refractivity contribution in [3.63, 3.8) is 0 Å². The highest BCUT2D eigenvalue weighted by Gasteiger charge is 2.26. The molecule has 27 heavy (non-hydrogen) atoms. The number of ether oxygens (including phenoxy) is 1. The van der Waals surface area contributed by atoms with E-state index in [-0.39, 0.29) is 0 Å². The first-order valence-electron chi connectivity index (χ1n) is 8.89. The second-order valence-corrected chi connectivity index (χ2v) is 6.38. The Morgan fingerprint density at radius 2 is 2.00 bits per heavy atom. The van der Waals surface area contributed by atoms with Gasteiger partial charge in [0.1, 0.15) is 5.75 Å². The molecule has 7 nitrogen and oxygen atoms in total. The fourth-order valence-electron chi connectivity index (χ4n) is 3.05. The number of carbonyl (C=O) groups excluding carboxylic acids is 3. The first-order valence-corrected chi connectivity index (χ1v) is 8.89. The van der Waals surface area contributed by atoms with Crippen LogP contribution in [0.3, 0.4) is 0 Å². The van der Waals surface area contributed by atoms with E-state index < -0.39 is 23.6 Å². The quantitative estimate of drug-likeness (QED) is 0.787. The Kier molecular flexibility index (Phi) is 5.80. The van der Waals surface area contributed by atoms with Crippen molar-refractivity contribution in [3.8, 4) is 17.0 Å². The zero-order valence-corrected chi connectivity index (χ0v) is 14.8. The molecule has 1 aromatic carbocycles. The summed E-state index contributed by atoms with van der Waals surface area (Å²) in [5.41, 5.74) is 6.66. The summed E-state index contributed by atoms with van der Waals surface area (Å²) in [5.74, 6) is -1.60. The Morgan fingerprint density at radius 1 is 1.15 bits per heavy atom. The zero-order valence-electron chi connectivity index (χ0n) is 14.8. The monoisotopic (exact) mass is 367 g/mol. The van der Waals surface area contributed by atoms with Gasteiger partial charge in [-0.25, -0.2) is 0 Å². The standard InChI is InChI=1S/C20H21N3O4/c21-19(25)18(24)16-9-2-1-3-11-27-14-7-4-6-13(12-14)17-15(20(26)23-16)8-5-10-22-17/h4-8,10,12,16H,1-3,9,11H2,(H2,21,25)(H,23,26)/t16-/m0/s1. The van der Waals surface area contributed by atoms with E-state index >= 15 is 0 Å². The van der Waals surface area contributed by atoms with E-state index in [9.17, 15) is 14.4 Å². The maximum atomic E-state index is 12.8. The minimum absolute atomic E-state index is 0.314. The predicted molar refractivity (Wildman–Crippen MR) is 99.1 cm³/mol. The molecule has 2 amide bonds. The average Bonchev–Trinajstić information content (AvgIpc) is 2.68. The van der Waals surface area contributed by atoms with Gasteiger partial charge in [-0.3, -0.25) is 19.4 Å². The van der Waals surface area contributed by atoms with Crippen LogP contribution in [-0.4, -0.2) is 35.2 Å². The van der Waals surface area contributed by atoms with Crippen molar-refractivity contribution in [2.24, 2.45) is 5.73 Å². The van der Waals surface area contributed by atoms with Crippen molar-refractivity contribution in [2.75, 3.05) is 6.61 Å². The molecule has 7 heteroatoms. The van der Waals surface area contributed by atoms with E-state index in [1.807, 2.05) is 24.3 Å². The molecular formula is C20H21N3O4. The maximum absolute atomic E-state index is 12.8. The summed E-state index contributed by atoms with van der Waals surface area (Å²) in [7, 11) is 0. The van der Waals surface area contributed by atoms with Crippen LogP contribution in [0.1, 0.15) is 36.0 Å². The molecule has 0 fully saturated rings. The van der Waals surface area contributed by atoms with Crippen molar-refractivity contribution >= 4 is 17.6 Å². The van der Waals surface area contributed by atoms with Crippen LogP contribution in [0, 0.1) is 0 Å². The number of nitrogens with two attached hydrogens (primary N) is 1. The van der Waals surface area contributed by atoms with Gasteiger partial charge in [-0.2, -0.15) is 0 Å². The lowest BCUT2D eigenvalue weighted by molar-refractivity contribution is -0.137. The molecule has 3 N–H and O–H groups in total. The summed E-state index contributed by atoms with van der Waals surface area (Å²) >= 11 is 0. The predicted octanol–water partition coefficient (Wildman–Crippen LogP) is 1.85. The van der Waals surface area contributed by atoms with Gasteiger partial charge in [0.25, 0.3) is 11.8 Å². The van der Waals surface area contributed by atoms with Crippen LogP contribution in [0.2, 0.25) is 0 Å². The number of pyridine rings is 1. The van der Waals surface area contributed by atoms with Gasteiger partial charge >= 0.3 is 0 Å². The van der Waals surface area contributed by atoms with Crippen LogP contribution >= 0.6 is 0 Å². The smallest absolute Gasteiger partial charge is 0.287 e. The molecule has 0 spiro atoms. The first kappa shape index (κ1) is 18.6. The molecule has 0 saturated heterocycles. The first-order chi connectivity index (χ1) is 13.1. The van der Waals surface area contributed by atoms with Crippen LogP contribution in [0.5, 0.6) is 5.75 Å². The maximum Gasteiger partial charge on any atom is 0.287 e. The minimum Gasteiger partial charge on any atom is -0.494 e. The van der Waals surface area contributed by atoms with Crippen molar-refractivity contribution < 1.29 is 19.1 Å². The molecule has 1 aliphatic rings. The molecule has 2 heterocycles. The number of hydrogen-bond donors (Lipinski definition) is 2. The average molecular weight is 367 g/mol. The van der Waals surface area contributed by atoms with E-state index in [4.69, 9.17) is 10.5 Å². The number of fused-ring (bicyclic) bond motifs is 4. The summed E-state index contributed by atoms with van der Waals surface area (Å²) in [6.45, 7) is 0.541. The molecule has 0 radical (unpaired) electrons. The van der Waals surface area contributed by atoms with Gasteiger partial charge in [-0.1, -0.05) is 18.6 Å². The molecule has 1 aromatic heterocycles. The number of nitrogens with zero attached hydrogens (tertiary/aromatic N) is 1. The Bertz CT molecular complexity index is 866. The fourth-order valence-corrected chi connectivity index (χ4v) is 3.05. The van der Waals surface area contributed by atoms with E-state index in [0.29, 0.717) is 36.5 Å². The summed E-state index contributed by atoms with van der Waals surface area (Å²) in [5, 5.41) is 2.66. The molecule has 140 valence electrons. The Morgan fingerprint density at radius 3 is 2.81 bits per heavy atom. The number of nitrogens with one attached hydrogen (secondary N) is 1. The van der Waals surface area contributed by atoms with E-state index in [1.54, 1.807) is 18.3 Å². The lowest BCUT2D eigenvalue weighted by Gasteiger charge is -2.18. The molecule has 0 saturated carbocycles. The number of amides is 2. The number of ketones is 1. The number of rotatable bonds is 2. The van der Waals surface area contributed by atoms with Gasteiger partial charge in [0.2, 0.25) is 5.78 Å². The van der Waals surface area contributed by atoms with Crippen molar-refractivity contribution in [2.45, 2.75) is 31.7 Å². The largest absolute Gasteiger partial charge is 0.494 e. The normalized spacial score (nSPS) is 17.6. The lowest BCUT2D eigenvalue weighted by Crippen LogP contribution is -2.46. The van der Waals surface area contributed by atoms with Crippen molar-refractivity contribution in [1.29, 1.82) is 0 Å². The number of Topliss-reactive ketones (excluding diaryl/α,β-unsaturated/α-hetero) is 1. The van der Waals surface area contributed by atoms with Crippen LogP contribution in [0.4, 0.5) is 0 Å². The van der Waals surface area contributed by atoms with Gasteiger partial charge in [-0.15, -0.1) is 0 Å². The summed E-state index contributed by atoms with van der Waals surface area (Å²) in [6, 6.07) is 9.70. The molecule has 1 aliphatic heterocycles. The van der Waals surface area contributed by atoms with Crippen LogP contribution < -0.4 is 15.8 Å². The second kappa shape index (κ2) is 8.44. The third kappa shape index (κ3) is 4.49. The number of primary amides is 1. The van der Waals surface area contributed by atoms with Crippen LogP contribution in [-0.2, 0) is 9.59 Å². The van der Waals surface area contributed by atoms with E-state index in [1.165, 1.54) is 0 Å².